The maximum atomic E-state index is 12.1. The van der Waals surface area contributed by atoms with Gasteiger partial charge in [0.15, 0.2) is 0 Å². The van der Waals surface area contributed by atoms with E-state index in [2.05, 4.69) is 0 Å². The van der Waals surface area contributed by atoms with E-state index in [0.29, 0.717) is 12.8 Å². The van der Waals surface area contributed by atoms with Gasteiger partial charge in [0.2, 0.25) is 12.3 Å². The van der Waals surface area contributed by atoms with Crippen LogP contribution in [0.1, 0.15) is 12.8 Å². The van der Waals surface area contributed by atoms with Crippen LogP contribution in [0.15, 0.2) is 0 Å². The van der Waals surface area contributed by atoms with Crippen LogP contribution in [0.25, 0.3) is 0 Å². The molecule has 2 aliphatic rings. The summed E-state index contributed by atoms with van der Waals surface area (Å²) in [7, 11) is 0. The molecule has 1 heterocycles. The van der Waals surface area contributed by atoms with Crippen molar-refractivity contribution >= 4 is 18.3 Å². The highest BCUT2D eigenvalue weighted by Gasteiger charge is 2.51. The van der Waals surface area contributed by atoms with Gasteiger partial charge in [0, 0.05) is 13.1 Å². The van der Waals surface area contributed by atoms with Crippen LogP contribution in [-0.4, -0.2) is 35.9 Å². The van der Waals surface area contributed by atoms with E-state index < -0.39 is 17.9 Å². The number of halogens is 3. The fourth-order valence-corrected chi connectivity index (χ4v) is 1.50. The minimum absolute atomic E-state index is 0. The molecule has 1 saturated carbocycles. The highest BCUT2D eigenvalue weighted by atomic mass is 35.5. The van der Waals surface area contributed by atoms with Gasteiger partial charge in [-0.3, -0.25) is 4.79 Å². The lowest BCUT2D eigenvalue weighted by Crippen LogP contribution is -2.58. The SMILES string of the molecule is Cl.NC1(C(=O)N2CC(C(F)F)C2)CC1. The molecular formula is C8H13ClF2N2O. The molecule has 1 aliphatic carbocycles. The molecule has 1 amide bonds. The number of carbonyl (C=O) groups is 1. The molecule has 0 bridgehead atoms. The minimum Gasteiger partial charge on any atom is -0.340 e. The van der Waals surface area contributed by atoms with Gasteiger partial charge in [0.1, 0.15) is 0 Å². The van der Waals surface area contributed by atoms with Crippen molar-refractivity contribution < 1.29 is 13.6 Å². The van der Waals surface area contributed by atoms with Crippen molar-refractivity contribution in [1.29, 1.82) is 0 Å². The first-order valence-corrected chi connectivity index (χ1v) is 4.39. The van der Waals surface area contributed by atoms with Crippen LogP contribution in [0.2, 0.25) is 0 Å². The third kappa shape index (κ3) is 1.83. The molecule has 2 fully saturated rings. The summed E-state index contributed by atoms with van der Waals surface area (Å²) in [5, 5.41) is 0. The summed E-state index contributed by atoms with van der Waals surface area (Å²) in [6.07, 6.45) is -0.916. The number of nitrogens with zero attached hydrogens (tertiary/aromatic N) is 1. The van der Waals surface area contributed by atoms with Gasteiger partial charge in [-0.25, -0.2) is 8.78 Å². The summed E-state index contributed by atoms with van der Waals surface area (Å²) in [5.41, 5.74) is 4.94. The van der Waals surface area contributed by atoms with Gasteiger partial charge in [-0.1, -0.05) is 0 Å². The molecule has 14 heavy (non-hydrogen) atoms. The lowest BCUT2D eigenvalue weighted by atomic mass is 9.99. The number of alkyl halides is 2. The average molecular weight is 227 g/mol. The zero-order chi connectivity index (χ0) is 9.64. The van der Waals surface area contributed by atoms with E-state index in [4.69, 9.17) is 5.73 Å². The van der Waals surface area contributed by atoms with E-state index in [1.165, 1.54) is 4.90 Å². The average Bonchev–Trinajstić information content (AvgIpc) is 2.64. The van der Waals surface area contributed by atoms with Gasteiger partial charge in [-0.2, -0.15) is 0 Å². The number of amides is 1. The van der Waals surface area contributed by atoms with Crippen LogP contribution in [0.3, 0.4) is 0 Å². The molecule has 0 aromatic heterocycles. The molecule has 2 rings (SSSR count). The molecule has 6 heteroatoms. The molecule has 82 valence electrons. The number of likely N-dealkylation sites (tertiary alicyclic amines) is 1. The van der Waals surface area contributed by atoms with Crippen LogP contribution in [0.5, 0.6) is 0 Å². The molecule has 0 aromatic rings. The topological polar surface area (TPSA) is 46.3 Å². The number of rotatable bonds is 2. The Balaban J connectivity index is 0.000000980. The van der Waals surface area contributed by atoms with Gasteiger partial charge >= 0.3 is 0 Å². The van der Waals surface area contributed by atoms with Gasteiger partial charge in [-0.15, -0.1) is 12.4 Å². The second-order valence-corrected chi connectivity index (χ2v) is 3.96. The first-order chi connectivity index (χ1) is 6.03. The maximum absolute atomic E-state index is 12.1. The molecule has 2 N–H and O–H groups in total. The van der Waals surface area contributed by atoms with E-state index in [-0.39, 0.29) is 31.4 Å². The van der Waals surface area contributed by atoms with E-state index >= 15 is 0 Å². The summed E-state index contributed by atoms with van der Waals surface area (Å²) < 4.78 is 24.1. The lowest BCUT2D eigenvalue weighted by molar-refractivity contribution is -0.144. The summed E-state index contributed by atoms with van der Waals surface area (Å²) in [4.78, 5) is 12.9. The maximum Gasteiger partial charge on any atom is 0.244 e. The Bertz CT molecular complexity index is 239. The number of hydrogen-bond acceptors (Lipinski definition) is 2. The van der Waals surface area contributed by atoms with Crippen LogP contribution in [0.4, 0.5) is 8.78 Å². The smallest absolute Gasteiger partial charge is 0.244 e. The van der Waals surface area contributed by atoms with Crippen LogP contribution < -0.4 is 5.73 Å². The Kier molecular flexibility index (Phi) is 3.02. The Morgan fingerprint density at radius 3 is 2.29 bits per heavy atom. The van der Waals surface area contributed by atoms with E-state index in [0.717, 1.165) is 0 Å². The second kappa shape index (κ2) is 3.62. The van der Waals surface area contributed by atoms with E-state index in [1.807, 2.05) is 0 Å². The fourth-order valence-electron chi connectivity index (χ4n) is 1.50. The minimum atomic E-state index is -2.31. The van der Waals surface area contributed by atoms with Crippen molar-refractivity contribution in [3.63, 3.8) is 0 Å². The van der Waals surface area contributed by atoms with Crippen molar-refractivity contribution in [2.45, 2.75) is 24.8 Å². The highest BCUT2D eigenvalue weighted by molar-refractivity contribution is 5.89. The van der Waals surface area contributed by atoms with E-state index in [9.17, 15) is 13.6 Å². The molecule has 1 saturated heterocycles. The first-order valence-electron chi connectivity index (χ1n) is 4.39. The molecular weight excluding hydrogens is 214 g/mol. The predicted octanol–water partition coefficient (Wildman–Crippen LogP) is 0.623. The lowest BCUT2D eigenvalue weighted by Gasteiger charge is -2.40. The third-order valence-electron chi connectivity index (χ3n) is 2.77. The Morgan fingerprint density at radius 1 is 1.43 bits per heavy atom. The quantitative estimate of drug-likeness (QED) is 0.751. The molecule has 0 unspecified atom stereocenters. The normalized spacial score (nSPS) is 24.1. The fraction of sp³-hybridized carbons (Fsp3) is 0.875. The summed E-state index contributed by atoms with van der Waals surface area (Å²) in [6, 6.07) is 0. The first kappa shape index (κ1) is 11.7. The number of hydrogen-bond donors (Lipinski definition) is 1. The van der Waals surface area contributed by atoms with Crippen LogP contribution in [0, 0.1) is 5.92 Å². The van der Waals surface area contributed by atoms with Crippen LogP contribution >= 0.6 is 12.4 Å². The van der Waals surface area contributed by atoms with Crippen molar-refractivity contribution in [2.75, 3.05) is 13.1 Å². The third-order valence-corrected chi connectivity index (χ3v) is 2.77. The Labute approximate surface area is 87.0 Å². The van der Waals surface area contributed by atoms with Gasteiger partial charge < -0.3 is 10.6 Å². The van der Waals surface area contributed by atoms with Crippen molar-refractivity contribution in [2.24, 2.45) is 11.7 Å². The van der Waals surface area contributed by atoms with Crippen LogP contribution in [-0.2, 0) is 4.79 Å². The zero-order valence-corrected chi connectivity index (χ0v) is 8.40. The second-order valence-electron chi connectivity index (χ2n) is 3.96. The number of carbonyl (C=O) groups excluding carboxylic acids is 1. The largest absolute Gasteiger partial charge is 0.340 e. The Hall–Kier alpha value is -0.420. The molecule has 1 aliphatic heterocycles. The molecule has 0 radical (unpaired) electrons. The highest BCUT2D eigenvalue weighted by Crippen LogP contribution is 2.36. The molecule has 3 nitrogen and oxygen atoms in total. The van der Waals surface area contributed by atoms with Crippen molar-refractivity contribution in [3.05, 3.63) is 0 Å². The predicted molar refractivity (Wildman–Crippen MR) is 49.5 cm³/mol. The summed E-state index contributed by atoms with van der Waals surface area (Å²) >= 11 is 0. The molecule has 0 spiro atoms. The number of nitrogens with two attached hydrogens (primary N) is 1. The van der Waals surface area contributed by atoms with Crippen molar-refractivity contribution in [3.8, 4) is 0 Å². The van der Waals surface area contributed by atoms with Gasteiger partial charge in [0.25, 0.3) is 0 Å². The van der Waals surface area contributed by atoms with Crippen molar-refractivity contribution in [1.82, 2.24) is 4.90 Å². The van der Waals surface area contributed by atoms with Gasteiger partial charge in [0.05, 0.1) is 11.5 Å². The standard InChI is InChI=1S/C8H12F2N2O.ClH/c9-6(10)5-3-12(4-5)7(13)8(11)1-2-8;/h5-6H,1-4,11H2;1H. The summed E-state index contributed by atoms with van der Waals surface area (Å²) in [6.45, 7) is 0.352. The molecule has 0 atom stereocenters. The summed E-state index contributed by atoms with van der Waals surface area (Å²) in [5.74, 6) is -0.782. The monoisotopic (exact) mass is 226 g/mol. The Morgan fingerprint density at radius 2 is 1.93 bits per heavy atom. The van der Waals surface area contributed by atoms with Gasteiger partial charge in [-0.05, 0) is 12.8 Å². The zero-order valence-electron chi connectivity index (χ0n) is 7.58. The molecule has 0 aromatic carbocycles. The van der Waals surface area contributed by atoms with E-state index in [1.54, 1.807) is 0 Å².